The minimum Gasteiger partial charge on any atom is -0.397 e. The number of anilines is 2. The molecule has 0 aliphatic heterocycles. The van der Waals surface area contributed by atoms with Crippen LogP contribution in [0.5, 0.6) is 0 Å². The molecule has 0 unspecified atom stereocenters. The van der Waals surface area contributed by atoms with Crippen molar-refractivity contribution in [1.29, 1.82) is 0 Å². The van der Waals surface area contributed by atoms with E-state index in [1.54, 1.807) is 0 Å². The van der Waals surface area contributed by atoms with Crippen LogP contribution in [0.15, 0.2) is 6.20 Å². The highest BCUT2D eigenvalue weighted by Gasteiger charge is 2.19. The van der Waals surface area contributed by atoms with Crippen molar-refractivity contribution in [2.75, 3.05) is 11.5 Å². The van der Waals surface area contributed by atoms with Gasteiger partial charge in [0.1, 0.15) is 5.69 Å². The number of rotatable bonds is 2. The lowest BCUT2D eigenvalue weighted by Crippen LogP contribution is -2.08. The third-order valence-electron chi connectivity index (χ3n) is 1.61. The third kappa shape index (κ3) is 1.74. The van der Waals surface area contributed by atoms with E-state index in [9.17, 15) is 13.6 Å². The number of hydrogen-bond donors (Lipinski definition) is 2. The number of pyridine rings is 1. The van der Waals surface area contributed by atoms with Crippen molar-refractivity contribution in [1.82, 2.24) is 4.98 Å². The molecule has 76 valence electrons. The van der Waals surface area contributed by atoms with Crippen molar-refractivity contribution < 1.29 is 13.6 Å². The Morgan fingerprint density at radius 3 is 2.43 bits per heavy atom. The summed E-state index contributed by atoms with van der Waals surface area (Å²) < 4.78 is 24.5. The number of nitrogens with zero attached hydrogens (tertiary/aromatic N) is 1. The SMILES string of the molecule is Nc1c(C(F)F)cnc(C(=O)Cl)c1N. The van der Waals surface area contributed by atoms with Gasteiger partial charge in [0.2, 0.25) is 0 Å². The lowest BCUT2D eigenvalue weighted by molar-refractivity contribution is 0.107. The number of carbonyl (C=O) groups excluding carboxylic acids is 1. The number of aromatic nitrogens is 1. The standard InChI is InChI=1S/C7H6ClF2N3O/c8-6(14)5-4(12)3(11)2(1-13-5)7(9)10/h1,7H,12H2,(H2,11,13). The van der Waals surface area contributed by atoms with E-state index in [0.29, 0.717) is 0 Å². The molecule has 0 bridgehead atoms. The predicted octanol–water partition coefficient (Wildman–Crippen LogP) is 1.56. The third-order valence-corrected chi connectivity index (χ3v) is 1.79. The topological polar surface area (TPSA) is 82.0 Å². The summed E-state index contributed by atoms with van der Waals surface area (Å²) in [6, 6.07) is 0. The fourth-order valence-corrected chi connectivity index (χ4v) is 1.04. The number of hydrogen-bond acceptors (Lipinski definition) is 4. The fourth-order valence-electron chi connectivity index (χ4n) is 0.887. The minimum absolute atomic E-state index is 0.312. The first-order valence-corrected chi connectivity index (χ1v) is 3.84. The van der Waals surface area contributed by atoms with Gasteiger partial charge in [-0.2, -0.15) is 0 Å². The molecule has 0 fully saturated rings. The van der Waals surface area contributed by atoms with Crippen LogP contribution in [0.4, 0.5) is 20.2 Å². The minimum atomic E-state index is -2.79. The van der Waals surface area contributed by atoms with E-state index in [1.165, 1.54) is 0 Å². The first kappa shape index (κ1) is 10.6. The van der Waals surface area contributed by atoms with Gasteiger partial charge in [-0.25, -0.2) is 13.8 Å². The fraction of sp³-hybridized carbons (Fsp3) is 0.143. The van der Waals surface area contributed by atoms with Gasteiger partial charge < -0.3 is 11.5 Å². The zero-order valence-electron chi connectivity index (χ0n) is 6.80. The molecule has 1 rings (SSSR count). The molecule has 0 spiro atoms. The van der Waals surface area contributed by atoms with Crippen molar-refractivity contribution in [2.24, 2.45) is 0 Å². The van der Waals surface area contributed by atoms with Crippen molar-refractivity contribution in [2.45, 2.75) is 6.43 Å². The van der Waals surface area contributed by atoms with E-state index in [1.807, 2.05) is 0 Å². The summed E-state index contributed by atoms with van der Waals surface area (Å²) in [6.07, 6.45) is -2.00. The lowest BCUT2D eigenvalue weighted by Gasteiger charge is -2.08. The maximum Gasteiger partial charge on any atom is 0.273 e. The number of carbonyl (C=O) groups is 1. The predicted molar refractivity (Wildman–Crippen MR) is 48.2 cm³/mol. The molecule has 0 aromatic carbocycles. The maximum absolute atomic E-state index is 12.2. The van der Waals surface area contributed by atoms with Crippen LogP contribution in [-0.4, -0.2) is 10.2 Å². The highest BCUT2D eigenvalue weighted by atomic mass is 35.5. The van der Waals surface area contributed by atoms with E-state index >= 15 is 0 Å². The number of nitrogen functional groups attached to an aromatic ring is 2. The van der Waals surface area contributed by atoms with Crippen molar-refractivity contribution in [3.05, 3.63) is 17.5 Å². The monoisotopic (exact) mass is 221 g/mol. The van der Waals surface area contributed by atoms with E-state index in [-0.39, 0.29) is 17.1 Å². The second-order valence-corrected chi connectivity index (χ2v) is 2.81. The highest BCUT2D eigenvalue weighted by Crippen LogP contribution is 2.30. The summed E-state index contributed by atoms with van der Waals surface area (Å²) in [4.78, 5) is 14.1. The first-order valence-electron chi connectivity index (χ1n) is 3.47. The average Bonchev–Trinajstić information content (AvgIpc) is 2.08. The van der Waals surface area contributed by atoms with Gasteiger partial charge in [0.25, 0.3) is 11.7 Å². The number of nitrogens with two attached hydrogens (primary N) is 2. The molecule has 4 N–H and O–H groups in total. The summed E-state index contributed by atoms with van der Waals surface area (Å²) in [5.74, 6) is 0. The molecule has 1 aromatic rings. The Morgan fingerprint density at radius 1 is 1.43 bits per heavy atom. The van der Waals surface area contributed by atoms with E-state index < -0.39 is 17.2 Å². The van der Waals surface area contributed by atoms with Crippen molar-refractivity contribution in [3.63, 3.8) is 0 Å². The average molecular weight is 222 g/mol. The molecule has 7 heteroatoms. The van der Waals surface area contributed by atoms with Crippen LogP contribution in [0.3, 0.4) is 0 Å². The van der Waals surface area contributed by atoms with E-state index in [4.69, 9.17) is 23.1 Å². The quantitative estimate of drug-likeness (QED) is 0.743. The Balaban J connectivity index is 3.33. The van der Waals surface area contributed by atoms with Gasteiger partial charge in [0.15, 0.2) is 0 Å². The van der Waals surface area contributed by atoms with Crippen LogP contribution >= 0.6 is 11.6 Å². The van der Waals surface area contributed by atoms with Crippen molar-refractivity contribution >= 4 is 28.2 Å². The van der Waals surface area contributed by atoms with Crippen LogP contribution in [0.1, 0.15) is 22.5 Å². The maximum atomic E-state index is 12.2. The molecule has 0 radical (unpaired) electrons. The van der Waals surface area contributed by atoms with E-state index in [0.717, 1.165) is 6.20 Å². The van der Waals surface area contributed by atoms with Crippen LogP contribution < -0.4 is 11.5 Å². The molecule has 4 nitrogen and oxygen atoms in total. The van der Waals surface area contributed by atoms with Gasteiger partial charge in [0, 0.05) is 6.20 Å². The Morgan fingerprint density at radius 2 is 2.00 bits per heavy atom. The van der Waals surface area contributed by atoms with Gasteiger partial charge in [-0.05, 0) is 11.6 Å². The molecule has 0 aliphatic carbocycles. The molecule has 1 heterocycles. The summed E-state index contributed by atoms with van der Waals surface area (Å²) >= 11 is 5.09. The summed E-state index contributed by atoms with van der Waals surface area (Å²) in [6.45, 7) is 0. The van der Waals surface area contributed by atoms with Gasteiger partial charge in [-0.15, -0.1) is 0 Å². The second-order valence-electron chi connectivity index (χ2n) is 2.46. The van der Waals surface area contributed by atoms with Crippen LogP contribution in [0.25, 0.3) is 0 Å². The van der Waals surface area contributed by atoms with Gasteiger partial charge in [0.05, 0.1) is 16.9 Å². The van der Waals surface area contributed by atoms with Crippen LogP contribution in [0, 0.1) is 0 Å². The molecule has 1 aromatic heterocycles. The molecule has 0 amide bonds. The van der Waals surface area contributed by atoms with Gasteiger partial charge in [-0.1, -0.05) is 0 Å². The summed E-state index contributed by atoms with van der Waals surface area (Å²) in [5.41, 5.74) is 9.06. The van der Waals surface area contributed by atoms with Gasteiger partial charge in [-0.3, -0.25) is 4.79 Å². The second kappa shape index (κ2) is 3.75. The summed E-state index contributed by atoms with van der Waals surface area (Å²) in [7, 11) is 0. The Kier molecular flexibility index (Phi) is 2.85. The van der Waals surface area contributed by atoms with Crippen LogP contribution in [-0.2, 0) is 0 Å². The van der Waals surface area contributed by atoms with E-state index in [2.05, 4.69) is 4.98 Å². The zero-order chi connectivity index (χ0) is 10.9. The first-order chi connectivity index (χ1) is 6.45. The van der Waals surface area contributed by atoms with Crippen molar-refractivity contribution in [3.8, 4) is 0 Å². The number of alkyl halides is 2. The highest BCUT2D eigenvalue weighted by molar-refractivity contribution is 6.68. The molecule has 0 aliphatic rings. The number of halogens is 3. The molecule has 0 saturated heterocycles. The Labute approximate surface area is 82.9 Å². The van der Waals surface area contributed by atoms with Gasteiger partial charge >= 0.3 is 0 Å². The molecule has 0 saturated carbocycles. The largest absolute Gasteiger partial charge is 0.397 e. The molecule has 0 atom stereocenters. The molecular weight excluding hydrogens is 216 g/mol. The molecule has 14 heavy (non-hydrogen) atoms. The summed E-state index contributed by atoms with van der Waals surface area (Å²) in [5, 5.41) is -0.935. The van der Waals surface area contributed by atoms with Crippen LogP contribution in [0.2, 0.25) is 0 Å². The lowest BCUT2D eigenvalue weighted by atomic mass is 10.2. The zero-order valence-corrected chi connectivity index (χ0v) is 7.55. The smallest absolute Gasteiger partial charge is 0.273 e. The normalized spacial score (nSPS) is 10.6. The Hall–Kier alpha value is -1.43. The molecular formula is C7H6ClF2N3O. The Bertz CT molecular complexity index is 383.